The number of thiophene rings is 4. The first-order chi connectivity index (χ1) is 16.5. The first kappa shape index (κ1) is 21.2. The van der Waals surface area contributed by atoms with Gasteiger partial charge in [0.25, 0.3) is 0 Å². The van der Waals surface area contributed by atoms with Crippen LogP contribution in [0.15, 0.2) is 33.0 Å². The van der Waals surface area contributed by atoms with E-state index in [9.17, 15) is 0 Å². The molecule has 34 heavy (non-hydrogen) atoms. The zero-order valence-electron chi connectivity index (χ0n) is 18.5. The molecule has 0 saturated heterocycles. The normalized spacial score (nSPS) is 12.8. The van der Waals surface area contributed by atoms with Gasteiger partial charge in [-0.15, -0.1) is 45.3 Å². The Morgan fingerprint density at radius 1 is 0.588 bits per heavy atom. The molecule has 10 heteroatoms. The third kappa shape index (κ3) is 2.96. The number of rotatable bonds is 3. The Balaban J connectivity index is 1.37. The fourth-order valence-corrected chi connectivity index (χ4v) is 10.7. The van der Waals surface area contributed by atoms with Crippen LogP contribution in [0.25, 0.3) is 50.4 Å². The van der Waals surface area contributed by atoms with E-state index in [1.54, 1.807) is 0 Å². The highest BCUT2D eigenvalue weighted by atomic mass is 32.1. The smallest absolute Gasteiger partial charge is 0.116 e. The molecule has 0 fully saturated rings. The number of hydrogen-bond donors (Lipinski definition) is 0. The Morgan fingerprint density at radius 3 is 1.91 bits per heavy atom. The zero-order chi connectivity index (χ0) is 23.1. The van der Waals surface area contributed by atoms with E-state index in [4.69, 9.17) is 0 Å². The van der Waals surface area contributed by atoms with E-state index in [1.807, 2.05) is 45.3 Å². The van der Waals surface area contributed by atoms with E-state index in [0.717, 1.165) is 33.5 Å². The van der Waals surface area contributed by atoms with Gasteiger partial charge < -0.3 is 0 Å². The third-order valence-electron chi connectivity index (χ3n) is 6.18. The Morgan fingerprint density at radius 2 is 1.21 bits per heavy atom. The van der Waals surface area contributed by atoms with Crippen molar-refractivity contribution in [3.8, 4) is 29.9 Å². The minimum Gasteiger partial charge on any atom is -0.173 e. The molecule has 0 spiro atoms. The van der Waals surface area contributed by atoms with E-state index >= 15 is 0 Å². The minimum atomic E-state index is 0.937. The van der Waals surface area contributed by atoms with Crippen LogP contribution in [-0.4, -0.2) is 8.75 Å². The molecule has 0 amide bonds. The summed E-state index contributed by atoms with van der Waals surface area (Å²) in [6.45, 7) is 8.78. The van der Waals surface area contributed by atoms with Gasteiger partial charge in [0.2, 0.25) is 0 Å². The number of benzene rings is 1. The van der Waals surface area contributed by atoms with Gasteiger partial charge in [0.1, 0.15) is 22.4 Å². The molecule has 6 heterocycles. The Bertz CT molecular complexity index is 1850. The molecule has 1 aromatic carbocycles. The number of aromatic nitrogens is 2. The van der Waals surface area contributed by atoms with Crippen LogP contribution < -0.4 is 0 Å². The first-order valence-corrected chi connectivity index (χ1v) is 15.3. The molecule has 7 rings (SSSR count). The van der Waals surface area contributed by atoms with Crippen LogP contribution in [0, 0.1) is 27.7 Å². The molecule has 0 aliphatic carbocycles. The minimum absolute atomic E-state index is 0.937. The summed E-state index contributed by atoms with van der Waals surface area (Å²) < 4.78 is 21.2. The third-order valence-corrected chi connectivity index (χ3v) is 12.7. The van der Waals surface area contributed by atoms with Crippen LogP contribution in [0.4, 0.5) is 11.4 Å². The number of hydrogen-bond acceptors (Lipinski definition) is 9. The highest BCUT2D eigenvalue weighted by molar-refractivity contribution is 7.58. The van der Waals surface area contributed by atoms with E-state index in [2.05, 4.69) is 69.4 Å². The lowest BCUT2D eigenvalue weighted by Gasteiger charge is -2.07. The highest BCUT2D eigenvalue weighted by Gasteiger charge is 2.25. The number of aryl methyl sites for hydroxylation is 4. The molecular formula is C24H16N4S6. The van der Waals surface area contributed by atoms with Crippen LogP contribution in [0.2, 0.25) is 0 Å². The maximum Gasteiger partial charge on any atom is 0.116 e. The van der Waals surface area contributed by atoms with Crippen LogP contribution in [-0.2, 0) is 11.4 Å². The lowest BCUT2D eigenvalue weighted by atomic mass is 10.0. The molecular weight excluding hydrogens is 537 g/mol. The second-order valence-corrected chi connectivity index (χ2v) is 13.7. The van der Waals surface area contributed by atoms with Crippen molar-refractivity contribution in [3.05, 3.63) is 45.8 Å². The summed E-state index contributed by atoms with van der Waals surface area (Å²) in [5.74, 6) is 0. The van der Waals surface area contributed by atoms with Gasteiger partial charge in [-0.3, -0.25) is 0 Å². The molecule has 0 saturated carbocycles. The second-order valence-electron chi connectivity index (χ2n) is 8.27. The van der Waals surface area contributed by atoms with E-state index in [1.165, 1.54) is 72.9 Å². The molecule has 0 N–H and O–H groups in total. The van der Waals surface area contributed by atoms with Gasteiger partial charge in [0.05, 0.1) is 23.1 Å². The Kier molecular flexibility index (Phi) is 4.81. The molecule has 5 aromatic heterocycles. The summed E-state index contributed by atoms with van der Waals surface area (Å²) in [6.07, 6.45) is 0. The van der Waals surface area contributed by atoms with Crippen molar-refractivity contribution in [1.29, 1.82) is 0 Å². The van der Waals surface area contributed by atoms with Crippen molar-refractivity contribution in [2.45, 2.75) is 27.7 Å². The molecule has 0 bridgehead atoms. The molecule has 1 aliphatic rings. The van der Waals surface area contributed by atoms with Gasteiger partial charge in [0.15, 0.2) is 0 Å². The average Bonchev–Trinajstić information content (AvgIpc) is 3.63. The van der Waals surface area contributed by atoms with Gasteiger partial charge in [-0.1, -0.05) is 0 Å². The predicted molar refractivity (Wildman–Crippen MR) is 153 cm³/mol. The van der Waals surface area contributed by atoms with Gasteiger partial charge in [-0.2, -0.15) is 17.5 Å². The van der Waals surface area contributed by atoms with Gasteiger partial charge in [-0.05, 0) is 63.1 Å². The van der Waals surface area contributed by atoms with Gasteiger partial charge >= 0.3 is 0 Å². The number of nitrogens with zero attached hydrogens (tertiary/aromatic N) is 4. The SMILES string of the molecule is Cc1ccc(-c2sc3c(C)c(-c4ccc(-c5c6c(c(C)c7nsnc57)N=S=N6)s4)sc3c2C)s1. The van der Waals surface area contributed by atoms with Crippen LogP contribution in [0.1, 0.15) is 21.6 Å². The van der Waals surface area contributed by atoms with Crippen molar-refractivity contribution in [2.24, 2.45) is 8.73 Å². The molecule has 168 valence electrons. The summed E-state index contributed by atoms with van der Waals surface area (Å²) in [5, 5.41) is 0. The Labute approximate surface area is 219 Å². The summed E-state index contributed by atoms with van der Waals surface area (Å²) in [4.78, 5) is 7.98. The summed E-state index contributed by atoms with van der Waals surface area (Å²) in [6, 6.07) is 8.93. The van der Waals surface area contributed by atoms with Crippen molar-refractivity contribution < 1.29 is 0 Å². The monoisotopic (exact) mass is 552 g/mol. The highest BCUT2D eigenvalue weighted by Crippen LogP contribution is 2.53. The molecule has 0 atom stereocenters. The fraction of sp³-hybridized carbons (Fsp3) is 0.167. The van der Waals surface area contributed by atoms with Gasteiger partial charge in [-0.25, -0.2) is 0 Å². The molecule has 0 unspecified atom stereocenters. The van der Waals surface area contributed by atoms with E-state index in [-0.39, 0.29) is 0 Å². The standard InChI is InChI=1S/C24H16N4S6/c1-9-5-6-14(29-9)21-11(3)23-24(31-21)12(4)22(32-23)15-8-7-13(30-15)16-19-17(25-33-27-19)10(2)18-20(16)28-34-26-18/h5-8H,1-4H3. The maximum atomic E-state index is 4.64. The predicted octanol–water partition coefficient (Wildman–Crippen LogP) is 10.1. The largest absolute Gasteiger partial charge is 0.173 e. The second kappa shape index (κ2) is 7.71. The molecule has 6 aromatic rings. The quantitative estimate of drug-likeness (QED) is 0.219. The summed E-state index contributed by atoms with van der Waals surface area (Å²) in [7, 11) is 0. The van der Waals surface area contributed by atoms with Crippen molar-refractivity contribution in [3.63, 3.8) is 0 Å². The Hall–Kier alpha value is -2.08. The molecule has 4 nitrogen and oxygen atoms in total. The lowest BCUT2D eigenvalue weighted by Crippen LogP contribution is -1.84. The number of fused-ring (bicyclic) bond motifs is 3. The first-order valence-electron chi connectivity index (χ1n) is 10.6. The topological polar surface area (TPSA) is 50.5 Å². The van der Waals surface area contributed by atoms with E-state index < -0.39 is 0 Å². The van der Waals surface area contributed by atoms with Crippen LogP contribution in [0.3, 0.4) is 0 Å². The van der Waals surface area contributed by atoms with Crippen LogP contribution >= 0.6 is 57.1 Å². The van der Waals surface area contributed by atoms with Crippen molar-refractivity contribution in [1.82, 2.24) is 8.75 Å². The van der Waals surface area contributed by atoms with Gasteiger partial charge in [0, 0.05) is 49.8 Å². The average molecular weight is 553 g/mol. The fourth-order valence-electron chi connectivity index (χ4n) is 4.43. The molecule has 0 radical (unpaired) electrons. The zero-order valence-corrected chi connectivity index (χ0v) is 23.4. The summed E-state index contributed by atoms with van der Waals surface area (Å²) >= 11 is 10.1. The van der Waals surface area contributed by atoms with Crippen molar-refractivity contribution in [2.75, 3.05) is 0 Å². The maximum absolute atomic E-state index is 4.64. The lowest BCUT2D eigenvalue weighted by molar-refractivity contribution is 1.43. The van der Waals surface area contributed by atoms with Crippen molar-refractivity contribution >= 4 is 100 Å². The summed E-state index contributed by atoms with van der Waals surface area (Å²) in [5.41, 5.74) is 8.67. The van der Waals surface area contributed by atoms with E-state index in [0.29, 0.717) is 0 Å². The van der Waals surface area contributed by atoms with Crippen LogP contribution in [0.5, 0.6) is 0 Å². The molecule has 1 aliphatic heterocycles.